The number of nitrogens with one attached hydrogen (secondary N) is 2. The molecular formula is C24H21ClN2O3. The van der Waals surface area contributed by atoms with Crippen molar-refractivity contribution in [2.75, 3.05) is 6.54 Å². The maximum Gasteiger partial charge on any atom is 0.252 e. The fourth-order valence-corrected chi connectivity index (χ4v) is 3.12. The Kier molecular flexibility index (Phi) is 6.99. The molecule has 0 aliphatic heterocycles. The molecule has 0 bridgehead atoms. The molecule has 0 heterocycles. The van der Waals surface area contributed by atoms with Crippen LogP contribution in [-0.4, -0.2) is 24.1 Å². The average Bonchev–Trinajstić information content (AvgIpc) is 2.78. The van der Waals surface area contributed by atoms with Crippen LogP contribution in [0, 0.1) is 0 Å². The van der Waals surface area contributed by atoms with E-state index in [0.29, 0.717) is 28.3 Å². The van der Waals surface area contributed by atoms with E-state index in [1.807, 2.05) is 13.0 Å². The van der Waals surface area contributed by atoms with Crippen LogP contribution >= 0.6 is 11.6 Å². The van der Waals surface area contributed by atoms with Crippen LogP contribution in [0.1, 0.15) is 49.1 Å². The number of carbonyl (C=O) groups excluding carboxylic acids is 3. The van der Waals surface area contributed by atoms with Crippen LogP contribution in [0.4, 0.5) is 0 Å². The van der Waals surface area contributed by atoms with Crippen LogP contribution in [0.2, 0.25) is 5.02 Å². The Bertz CT molecular complexity index is 1080. The van der Waals surface area contributed by atoms with E-state index in [1.54, 1.807) is 66.7 Å². The van der Waals surface area contributed by atoms with E-state index in [0.717, 1.165) is 5.56 Å². The standard InChI is InChI=1S/C24H21ClN2O3/c1-2-26-23(29)18-7-5-6-16(14-18)15-27-24(30)21-9-4-3-8-20(21)22(28)17-10-12-19(25)13-11-17/h3-14H,2,15H2,1H3,(H,26,29)(H,27,30). The molecule has 0 aliphatic rings. The third-order valence-corrected chi connectivity index (χ3v) is 4.75. The summed E-state index contributed by atoms with van der Waals surface area (Å²) in [6.07, 6.45) is 0. The number of ketones is 1. The van der Waals surface area contributed by atoms with Gasteiger partial charge in [0.2, 0.25) is 0 Å². The molecule has 0 atom stereocenters. The molecule has 0 spiro atoms. The highest BCUT2D eigenvalue weighted by Gasteiger charge is 2.18. The highest BCUT2D eigenvalue weighted by molar-refractivity contribution is 6.30. The van der Waals surface area contributed by atoms with Crippen LogP contribution in [-0.2, 0) is 6.54 Å². The molecule has 0 saturated carbocycles. The lowest BCUT2D eigenvalue weighted by atomic mass is 9.98. The van der Waals surface area contributed by atoms with Gasteiger partial charge in [0.15, 0.2) is 5.78 Å². The summed E-state index contributed by atoms with van der Waals surface area (Å²) in [6.45, 7) is 2.62. The first-order valence-electron chi connectivity index (χ1n) is 9.54. The molecule has 2 N–H and O–H groups in total. The van der Waals surface area contributed by atoms with E-state index < -0.39 is 0 Å². The van der Waals surface area contributed by atoms with Crippen molar-refractivity contribution >= 4 is 29.2 Å². The monoisotopic (exact) mass is 420 g/mol. The summed E-state index contributed by atoms with van der Waals surface area (Å²) < 4.78 is 0. The van der Waals surface area contributed by atoms with Crippen molar-refractivity contribution in [2.24, 2.45) is 0 Å². The Morgan fingerprint density at radius 2 is 1.47 bits per heavy atom. The molecule has 2 amide bonds. The van der Waals surface area contributed by atoms with Crippen molar-refractivity contribution in [3.05, 3.63) is 106 Å². The van der Waals surface area contributed by atoms with Crippen molar-refractivity contribution in [2.45, 2.75) is 13.5 Å². The van der Waals surface area contributed by atoms with Gasteiger partial charge in [0.05, 0.1) is 5.56 Å². The number of hydrogen-bond acceptors (Lipinski definition) is 3. The second kappa shape index (κ2) is 9.85. The SMILES string of the molecule is CCNC(=O)c1cccc(CNC(=O)c2ccccc2C(=O)c2ccc(Cl)cc2)c1. The zero-order valence-corrected chi connectivity index (χ0v) is 17.2. The quantitative estimate of drug-likeness (QED) is 0.561. The minimum Gasteiger partial charge on any atom is -0.352 e. The zero-order valence-electron chi connectivity index (χ0n) is 16.4. The fourth-order valence-electron chi connectivity index (χ4n) is 3.00. The second-order valence-corrected chi connectivity index (χ2v) is 7.06. The third-order valence-electron chi connectivity index (χ3n) is 4.50. The Morgan fingerprint density at radius 1 is 0.767 bits per heavy atom. The molecule has 5 nitrogen and oxygen atoms in total. The first kappa shape index (κ1) is 21.3. The van der Waals surface area contributed by atoms with Crippen LogP contribution in [0.5, 0.6) is 0 Å². The molecule has 3 aromatic carbocycles. The van der Waals surface area contributed by atoms with Gasteiger partial charge < -0.3 is 10.6 Å². The summed E-state index contributed by atoms with van der Waals surface area (Å²) in [4.78, 5) is 37.6. The van der Waals surface area contributed by atoms with Crippen molar-refractivity contribution in [1.29, 1.82) is 0 Å². The Hall–Kier alpha value is -3.44. The van der Waals surface area contributed by atoms with E-state index in [2.05, 4.69) is 10.6 Å². The van der Waals surface area contributed by atoms with E-state index in [4.69, 9.17) is 11.6 Å². The number of carbonyl (C=O) groups is 3. The lowest BCUT2D eigenvalue weighted by Crippen LogP contribution is -2.26. The van der Waals surface area contributed by atoms with Crippen LogP contribution in [0.3, 0.4) is 0 Å². The number of benzene rings is 3. The van der Waals surface area contributed by atoms with Crippen molar-refractivity contribution < 1.29 is 14.4 Å². The van der Waals surface area contributed by atoms with E-state index in [1.165, 1.54) is 0 Å². The largest absolute Gasteiger partial charge is 0.352 e. The number of amides is 2. The topological polar surface area (TPSA) is 75.3 Å². The number of halogens is 1. The predicted molar refractivity (Wildman–Crippen MR) is 117 cm³/mol. The lowest BCUT2D eigenvalue weighted by molar-refractivity contribution is 0.0939. The molecule has 30 heavy (non-hydrogen) atoms. The van der Waals surface area contributed by atoms with Gasteiger partial charge in [-0.25, -0.2) is 0 Å². The van der Waals surface area contributed by atoms with Gasteiger partial charge in [0, 0.05) is 34.8 Å². The second-order valence-electron chi connectivity index (χ2n) is 6.62. The molecule has 0 saturated heterocycles. The number of hydrogen-bond donors (Lipinski definition) is 2. The summed E-state index contributed by atoms with van der Waals surface area (Å²) >= 11 is 5.89. The molecule has 3 aromatic rings. The molecule has 0 fully saturated rings. The summed E-state index contributed by atoms with van der Waals surface area (Å²) in [7, 11) is 0. The summed E-state index contributed by atoms with van der Waals surface area (Å²) in [5.74, 6) is -0.781. The fraction of sp³-hybridized carbons (Fsp3) is 0.125. The normalized spacial score (nSPS) is 10.3. The first-order valence-corrected chi connectivity index (χ1v) is 9.92. The van der Waals surface area contributed by atoms with Crippen molar-refractivity contribution in [3.8, 4) is 0 Å². The molecular weight excluding hydrogens is 400 g/mol. The van der Waals surface area contributed by atoms with E-state index in [9.17, 15) is 14.4 Å². The van der Waals surface area contributed by atoms with Crippen LogP contribution < -0.4 is 10.6 Å². The van der Waals surface area contributed by atoms with Crippen molar-refractivity contribution in [3.63, 3.8) is 0 Å². The van der Waals surface area contributed by atoms with Gasteiger partial charge in [-0.2, -0.15) is 0 Å². The number of rotatable bonds is 7. The third kappa shape index (κ3) is 5.13. The Balaban J connectivity index is 1.75. The molecule has 152 valence electrons. The van der Waals surface area contributed by atoms with E-state index >= 15 is 0 Å². The van der Waals surface area contributed by atoms with Gasteiger partial charge in [-0.3, -0.25) is 14.4 Å². The smallest absolute Gasteiger partial charge is 0.252 e. The van der Waals surface area contributed by atoms with Gasteiger partial charge in [-0.15, -0.1) is 0 Å². The first-order chi connectivity index (χ1) is 14.5. The predicted octanol–water partition coefficient (Wildman–Crippen LogP) is 4.25. The summed E-state index contributed by atoms with van der Waals surface area (Å²) in [5, 5.41) is 6.11. The minimum atomic E-state index is -0.365. The molecule has 3 rings (SSSR count). The molecule has 0 radical (unpaired) electrons. The van der Waals surface area contributed by atoms with Crippen LogP contribution in [0.15, 0.2) is 72.8 Å². The molecule has 0 unspecified atom stereocenters. The van der Waals surface area contributed by atoms with Gasteiger partial charge in [0.1, 0.15) is 0 Å². The summed E-state index contributed by atoms with van der Waals surface area (Å²) in [5.41, 5.74) is 2.37. The maximum atomic E-state index is 12.9. The Labute approximate surface area is 180 Å². The zero-order chi connectivity index (χ0) is 21.5. The molecule has 0 aromatic heterocycles. The average molecular weight is 421 g/mol. The van der Waals surface area contributed by atoms with Gasteiger partial charge in [-0.1, -0.05) is 41.9 Å². The summed E-state index contributed by atoms with van der Waals surface area (Å²) in [6, 6.07) is 20.3. The lowest BCUT2D eigenvalue weighted by Gasteiger charge is -2.11. The van der Waals surface area contributed by atoms with Gasteiger partial charge in [-0.05, 0) is 55.0 Å². The van der Waals surface area contributed by atoms with Gasteiger partial charge >= 0.3 is 0 Å². The van der Waals surface area contributed by atoms with E-state index in [-0.39, 0.29) is 29.7 Å². The highest BCUT2D eigenvalue weighted by atomic mass is 35.5. The molecule has 0 aliphatic carbocycles. The Morgan fingerprint density at radius 3 is 2.17 bits per heavy atom. The van der Waals surface area contributed by atoms with Crippen LogP contribution in [0.25, 0.3) is 0 Å². The highest BCUT2D eigenvalue weighted by Crippen LogP contribution is 2.17. The minimum absolute atomic E-state index is 0.162. The van der Waals surface area contributed by atoms with Gasteiger partial charge in [0.25, 0.3) is 11.8 Å². The molecule has 6 heteroatoms. The van der Waals surface area contributed by atoms with Crippen molar-refractivity contribution in [1.82, 2.24) is 10.6 Å². The maximum absolute atomic E-state index is 12.9.